The molecule has 1 aromatic rings. The normalized spacial score (nSPS) is 10.5. The highest BCUT2D eigenvalue weighted by Gasteiger charge is 1.95. The lowest BCUT2D eigenvalue weighted by atomic mass is 10.2. The minimum absolute atomic E-state index is 0.604. The predicted molar refractivity (Wildman–Crippen MR) is 61.9 cm³/mol. The molecular weight excluding hydrogens is 226 g/mol. The number of aromatic nitrogens is 1. The highest BCUT2D eigenvalue weighted by Crippen LogP contribution is 1.98. The molecule has 16 heavy (non-hydrogen) atoms. The van der Waals surface area contributed by atoms with E-state index < -0.39 is 10.1 Å². The van der Waals surface area contributed by atoms with Gasteiger partial charge in [0.25, 0.3) is 0 Å². The number of aryl methyl sites for hydroxylation is 2. The van der Waals surface area contributed by atoms with Gasteiger partial charge in [0, 0.05) is 18.4 Å². The molecule has 0 aliphatic carbocycles. The lowest BCUT2D eigenvalue weighted by molar-refractivity contribution is -0.693. The van der Waals surface area contributed by atoms with Crippen molar-refractivity contribution in [3.8, 4) is 0 Å². The van der Waals surface area contributed by atoms with Gasteiger partial charge >= 0.3 is 0 Å². The lowest BCUT2D eigenvalue weighted by Crippen LogP contribution is -2.30. The van der Waals surface area contributed by atoms with Crippen molar-refractivity contribution in [3.05, 3.63) is 30.1 Å². The summed E-state index contributed by atoms with van der Waals surface area (Å²) in [5, 5.41) is 0. The number of pyridine rings is 1. The maximum Gasteiger partial charge on any atom is 0.169 e. The SMILES string of the molecule is CCCc1cc[n+](CC)cc1.CS(=O)(=O)[O-]. The molecule has 0 fully saturated rings. The number of hydrogen-bond acceptors (Lipinski definition) is 3. The first-order valence-electron chi connectivity index (χ1n) is 5.25. The van der Waals surface area contributed by atoms with Crippen molar-refractivity contribution >= 4 is 10.1 Å². The van der Waals surface area contributed by atoms with Gasteiger partial charge in [0.1, 0.15) is 6.54 Å². The van der Waals surface area contributed by atoms with E-state index in [0.29, 0.717) is 6.26 Å². The number of hydrogen-bond donors (Lipinski definition) is 0. The molecule has 0 aliphatic rings. The summed E-state index contributed by atoms with van der Waals surface area (Å²) in [7, 11) is -3.92. The Morgan fingerprint density at radius 2 is 1.69 bits per heavy atom. The Morgan fingerprint density at radius 1 is 1.25 bits per heavy atom. The summed E-state index contributed by atoms with van der Waals surface area (Å²) >= 11 is 0. The Kier molecular flexibility index (Phi) is 6.92. The Hall–Kier alpha value is -0.940. The van der Waals surface area contributed by atoms with Gasteiger partial charge < -0.3 is 4.55 Å². The van der Waals surface area contributed by atoms with Crippen molar-refractivity contribution in [2.24, 2.45) is 0 Å². The average Bonchev–Trinajstić information content (AvgIpc) is 2.17. The van der Waals surface area contributed by atoms with Gasteiger partial charge in [0.05, 0.1) is 10.1 Å². The Bertz CT molecular complexity index is 376. The molecule has 0 bridgehead atoms. The molecule has 0 aromatic carbocycles. The van der Waals surface area contributed by atoms with E-state index in [9.17, 15) is 0 Å². The Morgan fingerprint density at radius 3 is 2.00 bits per heavy atom. The molecule has 0 saturated heterocycles. The van der Waals surface area contributed by atoms with Crippen molar-refractivity contribution in [2.75, 3.05) is 6.26 Å². The van der Waals surface area contributed by atoms with Crippen LogP contribution >= 0.6 is 0 Å². The maximum absolute atomic E-state index is 9.08. The second-order valence-electron chi connectivity index (χ2n) is 3.49. The molecule has 0 N–H and O–H groups in total. The first-order valence-corrected chi connectivity index (χ1v) is 7.07. The van der Waals surface area contributed by atoms with Gasteiger partial charge in [-0.25, -0.2) is 13.0 Å². The Balaban J connectivity index is 0.000000385. The summed E-state index contributed by atoms with van der Waals surface area (Å²) in [5.74, 6) is 0. The standard InChI is InChI=1S/C10H16N.CH4O3S/c1-3-5-10-6-8-11(4-2)9-7-10;1-5(2,3)4/h6-9H,3-5H2,1-2H3;1H3,(H,2,3,4)/q+1;/p-1. The van der Waals surface area contributed by atoms with Crippen LogP contribution in [0.4, 0.5) is 0 Å². The van der Waals surface area contributed by atoms with Gasteiger partial charge in [-0.05, 0) is 18.9 Å². The molecule has 5 heteroatoms. The van der Waals surface area contributed by atoms with Gasteiger partial charge in [-0.2, -0.15) is 0 Å². The van der Waals surface area contributed by atoms with Gasteiger partial charge in [0.15, 0.2) is 12.4 Å². The second-order valence-corrected chi connectivity index (χ2v) is 4.90. The molecule has 1 rings (SSSR count). The fraction of sp³-hybridized carbons (Fsp3) is 0.545. The zero-order valence-corrected chi connectivity index (χ0v) is 10.8. The summed E-state index contributed by atoms with van der Waals surface area (Å²) in [6.07, 6.45) is 7.32. The largest absolute Gasteiger partial charge is 0.748 e. The predicted octanol–water partition coefficient (Wildman–Crippen LogP) is 1.11. The minimum atomic E-state index is -3.92. The van der Waals surface area contributed by atoms with E-state index in [4.69, 9.17) is 13.0 Å². The molecule has 0 atom stereocenters. The first-order chi connectivity index (χ1) is 7.36. The van der Waals surface area contributed by atoms with Crippen molar-refractivity contribution in [2.45, 2.75) is 33.2 Å². The van der Waals surface area contributed by atoms with Crippen LogP contribution in [0, 0.1) is 0 Å². The summed E-state index contributed by atoms with van der Waals surface area (Å²) in [6, 6.07) is 4.40. The van der Waals surface area contributed by atoms with E-state index in [2.05, 4.69) is 42.9 Å². The highest BCUT2D eigenvalue weighted by atomic mass is 32.2. The van der Waals surface area contributed by atoms with Crippen LogP contribution in [0.1, 0.15) is 25.8 Å². The van der Waals surface area contributed by atoms with Gasteiger partial charge in [-0.1, -0.05) is 13.3 Å². The van der Waals surface area contributed by atoms with Crippen molar-refractivity contribution < 1.29 is 17.5 Å². The quantitative estimate of drug-likeness (QED) is 0.592. The van der Waals surface area contributed by atoms with E-state index in [1.165, 1.54) is 18.4 Å². The van der Waals surface area contributed by atoms with Crippen LogP contribution in [0.2, 0.25) is 0 Å². The topological polar surface area (TPSA) is 61.1 Å². The van der Waals surface area contributed by atoms with E-state index in [1.54, 1.807) is 0 Å². The third-order valence-corrected chi connectivity index (χ3v) is 1.86. The first kappa shape index (κ1) is 15.1. The molecule has 0 aliphatic heterocycles. The molecule has 1 heterocycles. The molecule has 0 radical (unpaired) electrons. The zero-order valence-electron chi connectivity index (χ0n) is 10.0. The van der Waals surface area contributed by atoms with Crippen molar-refractivity contribution in [1.29, 1.82) is 0 Å². The molecule has 4 nitrogen and oxygen atoms in total. The van der Waals surface area contributed by atoms with E-state index in [1.807, 2.05) is 0 Å². The smallest absolute Gasteiger partial charge is 0.169 e. The van der Waals surface area contributed by atoms with Crippen LogP contribution < -0.4 is 4.57 Å². The third kappa shape index (κ3) is 9.61. The molecule has 1 aromatic heterocycles. The van der Waals surface area contributed by atoms with Crippen LogP contribution in [0.3, 0.4) is 0 Å². The van der Waals surface area contributed by atoms with E-state index >= 15 is 0 Å². The van der Waals surface area contributed by atoms with E-state index in [0.717, 1.165) is 6.54 Å². The summed E-state index contributed by atoms with van der Waals surface area (Å²) in [5.41, 5.74) is 1.44. The van der Waals surface area contributed by atoms with Crippen molar-refractivity contribution in [3.63, 3.8) is 0 Å². The average molecular weight is 245 g/mol. The lowest BCUT2D eigenvalue weighted by Gasteiger charge is -1.95. The van der Waals surface area contributed by atoms with Crippen LogP contribution in [-0.2, 0) is 23.1 Å². The Labute approximate surface area is 97.7 Å². The van der Waals surface area contributed by atoms with Crippen molar-refractivity contribution in [1.82, 2.24) is 0 Å². The third-order valence-electron chi connectivity index (χ3n) is 1.86. The van der Waals surface area contributed by atoms with Crippen LogP contribution in [0.15, 0.2) is 24.5 Å². The molecule has 92 valence electrons. The number of rotatable bonds is 3. The molecular formula is C11H19NO3S. The molecule has 0 amide bonds. The molecule has 0 spiro atoms. The summed E-state index contributed by atoms with van der Waals surface area (Å²) < 4.78 is 29.4. The van der Waals surface area contributed by atoms with Gasteiger partial charge in [-0.15, -0.1) is 0 Å². The molecule has 0 unspecified atom stereocenters. The summed E-state index contributed by atoms with van der Waals surface area (Å²) in [4.78, 5) is 0. The van der Waals surface area contributed by atoms with Crippen LogP contribution in [0.25, 0.3) is 0 Å². The van der Waals surface area contributed by atoms with Gasteiger partial charge in [0.2, 0.25) is 0 Å². The van der Waals surface area contributed by atoms with Crippen LogP contribution in [0.5, 0.6) is 0 Å². The highest BCUT2D eigenvalue weighted by molar-refractivity contribution is 7.84. The van der Waals surface area contributed by atoms with E-state index in [-0.39, 0.29) is 0 Å². The zero-order chi connectivity index (χ0) is 12.6. The number of nitrogens with zero attached hydrogens (tertiary/aromatic N) is 1. The molecule has 0 saturated carbocycles. The minimum Gasteiger partial charge on any atom is -0.748 e. The van der Waals surface area contributed by atoms with Gasteiger partial charge in [-0.3, -0.25) is 0 Å². The second kappa shape index (κ2) is 7.35. The maximum atomic E-state index is 9.08. The van der Waals surface area contributed by atoms with Crippen LogP contribution in [-0.4, -0.2) is 19.2 Å². The summed E-state index contributed by atoms with van der Waals surface area (Å²) in [6.45, 7) is 5.42. The monoisotopic (exact) mass is 245 g/mol. The fourth-order valence-corrected chi connectivity index (χ4v) is 1.15. The fourth-order valence-electron chi connectivity index (χ4n) is 1.15.